The second-order valence-corrected chi connectivity index (χ2v) is 6.11. The maximum atomic E-state index is 4.11. The number of likely N-dealkylation sites (tertiary alicyclic amines) is 1. The molecule has 0 aromatic carbocycles. The smallest absolute Gasteiger partial charge is 0.0410 e. The van der Waals surface area contributed by atoms with E-state index in [2.05, 4.69) is 34.6 Å². The third-order valence-corrected chi connectivity index (χ3v) is 4.28. The molecule has 1 N–H and O–H groups in total. The molecule has 1 aliphatic rings. The standard InChI is InChI=1S/C12H21N3S/c1-12(4-7-15(2)8-5-12)10-13-9-11-3-6-14-16-11/h3,6,13H,4-5,7-10H2,1-2H3. The fraction of sp³-hybridized carbons (Fsp3) is 0.750. The number of nitrogens with one attached hydrogen (secondary N) is 1. The summed E-state index contributed by atoms with van der Waals surface area (Å²) >= 11 is 1.59. The molecule has 90 valence electrons. The molecule has 0 radical (unpaired) electrons. The van der Waals surface area contributed by atoms with E-state index >= 15 is 0 Å². The van der Waals surface area contributed by atoms with Gasteiger partial charge in [0, 0.05) is 24.2 Å². The monoisotopic (exact) mass is 239 g/mol. The number of rotatable bonds is 4. The Kier molecular flexibility index (Phi) is 3.95. The van der Waals surface area contributed by atoms with Gasteiger partial charge in [0.05, 0.1) is 0 Å². The number of nitrogens with zero attached hydrogens (tertiary/aromatic N) is 2. The van der Waals surface area contributed by atoms with Crippen molar-refractivity contribution in [3.63, 3.8) is 0 Å². The molecule has 2 rings (SSSR count). The molecular formula is C12H21N3S. The van der Waals surface area contributed by atoms with Crippen molar-refractivity contribution >= 4 is 11.5 Å². The van der Waals surface area contributed by atoms with E-state index in [0.29, 0.717) is 5.41 Å². The van der Waals surface area contributed by atoms with Gasteiger partial charge in [-0.3, -0.25) is 0 Å². The van der Waals surface area contributed by atoms with Crippen molar-refractivity contribution in [3.8, 4) is 0 Å². The lowest BCUT2D eigenvalue weighted by molar-refractivity contribution is 0.137. The molecule has 0 bridgehead atoms. The lowest BCUT2D eigenvalue weighted by Gasteiger charge is -2.38. The van der Waals surface area contributed by atoms with Crippen LogP contribution in [-0.2, 0) is 6.54 Å². The maximum absolute atomic E-state index is 4.11. The Balaban J connectivity index is 1.73. The van der Waals surface area contributed by atoms with E-state index in [4.69, 9.17) is 0 Å². The van der Waals surface area contributed by atoms with E-state index in [1.807, 2.05) is 6.20 Å². The van der Waals surface area contributed by atoms with Gasteiger partial charge >= 0.3 is 0 Å². The molecule has 1 aromatic heterocycles. The normalized spacial score (nSPS) is 21.1. The molecule has 0 atom stereocenters. The fourth-order valence-electron chi connectivity index (χ4n) is 2.16. The summed E-state index contributed by atoms with van der Waals surface area (Å²) in [7, 11) is 2.21. The first-order valence-electron chi connectivity index (χ1n) is 5.97. The van der Waals surface area contributed by atoms with Crippen molar-refractivity contribution in [1.82, 2.24) is 14.6 Å². The predicted octanol–water partition coefficient (Wildman–Crippen LogP) is 1.96. The Bertz CT molecular complexity index is 302. The van der Waals surface area contributed by atoms with E-state index in [1.54, 1.807) is 11.5 Å². The Hall–Kier alpha value is -0.450. The van der Waals surface area contributed by atoms with Gasteiger partial charge in [-0.2, -0.15) is 0 Å². The van der Waals surface area contributed by atoms with Crippen LogP contribution in [0.2, 0.25) is 0 Å². The van der Waals surface area contributed by atoms with Gasteiger partial charge in [-0.05, 0) is 56.0 Å². The number of hydrogen-bond acceptors (Lipinski definition) is 4. The zero-order valence-electron chi connectivity index (χ0n) is 10.2. The highest BCUT2D eigenvalue weighted by atomic mass is 32.1. The largest absolute Gasteiger partial charge is 0.311 e. The van der Waals surface area contributed by atoms with Gasteiger partial charge in [0.25, 0.3) is 0 Å². The van der Waals surface area contributed by atoms with E-state index < -0.39 is 0 Å². The molecule has 1 aromatic rings. The van der Waals surface area contributed by atoms with E-state index in [-0.39, 0.29) is 0 Å². The summed E-state index contributed by atoms with van der Waals surface area (Å²) in [5.41, 5.74) is 0.483. The van der Waals surface area contributed by atoms with E-state index in [1.165, 1.54) is 30.8 Å². The summed E-state index contributed by atoms with van der Waals surface area (Å²) in [5.74, 6) is 0. The Morgan fingerprint density at radius 3 is 2.88 bits per heavy atom. The Labute approximate surface area is 102 Å². The third kappa shape index (κ3) is 3.27. The van der Waals surface area contributed by atoms with Crippen LogP contribution in [0.25, 0.3) is 0 Å². The van der Waals surface area contributed by atoms with Gasteiger partial charge in [-0.25, -0.2) is 4.37 Å². The molecule has 4 heteroatoms. The summed E-state index contributed by atoms with van der Waals surface area (Å²) in [5, 5.41) is 3.56. The van der Waals surface area contributed by atoms with Crippen LogP contribution in [0.4, 0.5) is 0 Å². The van der Waals surface area contributed by atoms with Crippen molar-refractivity contribution in [2.24, 2.45) is 5.41 Å². The molecule has 0 amide bonds. The fourth-order valence-corrected chi connectivity index (χ4v) is 2.70. The molecule has 3 nitrogen and oxygen atoms in total. The minimum absolute atomic E-state index is 0.483. The summed E-state index contributed by atoms with van der Waals surface area (Å²) < 4.78 is 4.11. The van der Waals surface area contributed by atoms with Gasteiger partial charge in [-0.15, -0.1) is 0 Å². The van der Waals surface area contributed by atoms with Crippen molar-refractivity contribution in [2.45, 2.75) is 26.3 Å². The maximum Gasteiger partial charge on any atom is 0.0410 e. The molecule has 16 heavy (non-hydrogen) atoms. The zero-order valence-corrected chi connectivity index (χ0v) is 11.0. The average Bonchev–Trinajstić information content (AvgIpc) is 2.76. The number of aromatic nitrogens is 1. The highest BCUT2D eigenvalue weighted by Gasteiger charge is 2.28. The lowest BCUT2D eigenvalue weighted by Crippen LogP contribution is -2.41. The van der Waals surface area contributed by atoms with Gasteiger partial charge in [0.2, 0.25) is 0 Å². The van der Waals surface area contributed by atoms with Crippen molar-refractivity contribution in [2.75, 3.05) is 26.7 Å². The van der Waals surface area contributed by atoms with Crippen LogP contribution in [0.1, 0.15) is 24.6 Å². The van der Waals surface area contributed by atoms with Crippen LogP contribution in [0.5, 0.6) is 0 Å². The number of piperidine rings is 1. The second kappa shape index (κ2) is 5.25. The first-order valence-corrected chi connectivity index (χ1v) is 6.74. The third-order valence-electron chi connectivity index (χ3n) is 3.54. The van der Waals surface area contributed by atoms with Crippen LogP contribution in [0.15, 0.2) is 12.3 Å². The van der Waals surface area contributed by atoms with Crippen LogP contribution in [0.3, 0.4) is 0 Å². The molecule has 1 fully saturated rings. The molecule has 2 heterocycles. The van der Waals surface area contributed by atoms with Gasteiger partial charge < -0.3 is 10.2 Å². The van der Waals surface area contributed by atoms with Gasteiger partial charge in [0.1, 0.15) is 0 Å². The molecular weight excluding hydrogens is 218 g/mol. The van der Waals surface area contributed by atoms with E-state index in [0.717, 1.165) is 13.1 Å². The van der Waals surface area contributed by atoms with Crippen LogP contribution < -0.4 is 5.32 Å². The summed E-state index contributed by atoms with van der Waals surface area (Å²) in [6.45, 7) is 6.96. The Morgan fingerprint density at radius 1 is 1.50 bits per heavy atom. The summed E-state index contributed by atoms with van der Waals surface area (Å²) in [6.07, 6.45) is 4.48. The van der Waals surface area contributed by atoms with Crippen molar-refractivity contribution < 1.29 is 0 Å². The van der Waals surface area contributed by atoms with Crippen molar-refractivity contribution in [3.05, 3.63) is 17.1 Å². The van der Waals surface area contributed by atoms with Gasteiger partial charge in [0.15, 0.2) is 0 Å². The van der Waals surface area contributed by atoms with Gasteiger partial charge in [-0.1, -0.05) is 6.92 Å². The first kappa shape index (κ1) is 12.0. The average molecular weight is 239 g/mol. The predicted molar refractivity (Wildman–Crippen MR) is 68.7 cm³/mol. The molecule has 1 aliphatic heterocycles. The lowest BCUT2D eigenvalue weighted by atomic mass is 9.80. The molecule has 0 unspecified atom stereocenters. The first-order chi connectivity index (χ1) is 7.68. The topological polar surface area (TPSA) is 28.2 Å². The Morgan fingerprint density at radius 2 is 2.25 bits per heavy atom. The van der Waals surface area contributed by atoms with Crippen LogP contribution in [0, 0.1) is 5.41 Å². The number of hydrogen-bond donors (Lipinski definition) is 1. The van der Waals surface area contributed by atoms with E-state index in [9.17, 15) is 0 Å². The second-order valence-electron chi connectivity index (χ2n) is 5.20. The van der Waals surface area contributed by atoms with Crippen LogP contribution >= 0.6 is 11.5 Å². The minimum atomic E-state index is 0.483. The van der Waals surface area contributed by atoms with Crippen LogP contribution in [-0.4, -0.2) is 36.0 Å². The highest BCUT2D eigenvalue weighted by molar-refractivity contribution is 7.05. The zero-order chi connectivity index (χ0) is 11.4. The minimum Gasteiger partial charge on any atom is -0.311 e. The molecule has 1 saturated heterocycles. The molecule has 0 aliphatic carbocycles. The highest BCUT2D eigenvalue weighted by Crippen LogP contribution is 2.29. The summed E-state index contributed by atoms with van der Waals surface area (Å²) in [4.78, 5) is 3.75. The quantitative estimate of drug-likeness (QED) is 0.870. The SMILES string of the molecule is CN1CCC(C)(CNCc2ccns2)CC1. The molecule has 0 spiro atoms. The summed E-state index contributed by atoms with van der Waals surface area (Å²) in [6, 6.07) is 2.09. The molecule has 0 saturated carbocycles. The van der Waals surface area contributed by atoms with Crippen molar-refractivity contribution in [1.29, 1.82) is 0 Å².